The van der Waals surface area contributed by atoms with Gasteiger partial charge in [0.1, 0.15) is 6.10 Å². The molecule has 6 nitrogen and oxygen atoms in total. The predicted molar refractivity (Wildman–Crippen MR) is 201 cm³/mol. The van der Waals surface area contributed by atoms with E-state index >= 15 is 0 Å². The molecule has 0 heterocycles. The molecule has 5 fully saturated rings. The van der Waals surface area contributed by atoms with Crippen LogP contribution in [0, 0.1) is 57.2 Å². The first kappa shape index (κ1) is 37.1. The summed E-state index contributed by atoms with van der Waals surface area (Å²) in [5, 5.41) is 14.3. The van der Waals surface area contributed by atoms with Crippen LogP contribution in [-0.2, 0) is 24.7 Å². The Morgan fingerprint density at radius 1 is 0.961 bits per heavy atom. The summed E-state index contributed by atoms with van der Waals surface area (Å²) in [6, 6.07) is 8.35. The van der Waals surface area contributed by atoms with Crippen LogP contribution >= 0.6 is 11.6 Å². The third-order valence-corrected chi connectivity index (χ3v) is 16.2. The second kappa shape index (κ2) is 13.0. The van der Waals surface area contributed by atoms with E-state index in [0.717, 1.165) is 56.5 Å². The second-order valence-corrected chi connectivity index (χ2v) is 19.9. The van der Waals surface area contributed by atoms with Gasteiger partial charge in [0, 0.05) is 22.4 Å². The molecule has 5 saturated carbocycles. The number of benzene rings is 1. The van der Waals surface area contributed by atoms with Gasteiger partial charge in [0.25, 0.3) is 0 Å². The molecule has 0 saturated heterocycles. The Morgan fingerprint density at radius 3 is 2.25 bits per heavy atom. The summed E-state index contributed by atoms with van der Waals surface area (Å²) in [5.74, 6) is 1.73. The number of carbonyl (C=O) groups excluding carboxylic acids is 2. The molecule has 0 aromatic heterocycles. The lowest BCUT2D eigenvalue weighted by molar-refractivity contribution is -0.192. The second-order valence-electron chi connectivity index (χ2n) is 19.5. The van der Waals surface area contributed by atoms with Crippen LogP contribution in [0.5, 0.6) is 0 Å². The summed E-state index contributed by atoms with van der Waals surface area (Å²) in [4.78, 5) is 38.6. The number of hydrogen-bond acceptors (Lipinski definition) is 5. The van der Waals surface area contributed by atoms with Crippen LogP contribution in [0.4, 0.5) is 0 Å². The Hall–Kier alpha value is -2.18. The number of carboxylic acids is 1. The largest absolute Gasteiger partial charge is 0.481 e. The van der Waals surface area contributed by atoms with Gasteiger partial charge in [-0.15, -0.1) is 0 Å². The standard InChI is InChI=1S/C44H62ClNO5/c1-26(2)37-33(47)24-43(22-23-46-44(20-21-44)28-8-10-29(45)11-9-28)19-15-32-30(38(37)43)12-13-35-41(6)18-16-34(27(3)31(41)14-17-42(32,35)7)51-36(48)25-40(4,5)39(49)50/h8-11,26-27,30-32,34-35,46H,12-25H2,1-7H3,(H,49,50). The quantitative estimate of drug-likeness (QED) is 0.234. The number of carbonyl (C=O) groups is 3. The van der Waals surface area contributed by atoms with E-state index in [4.69, 9.17) is 16.3 Å². The summed E-state index contributed by atoms with van der Waals surface area (Å²) >= 11 is 6.22. The number of nitrogens with one attached hydrogen (secondary N) is 1. The van der Waals surface area contributed by atoms with Crippen molar-refractivity contribution in [3.63, 3.8) is 0 Å². The SMILES string of the molecule is CC(C)C1=C2C3CCC4C(C)(CCC5C(C)C(OC(=O)CC(C)(C)C(=O)O)CCC54C)C3CCC2(CCNC2(c3ccc(Cl)cc3)CC2)CC1=O. The minimum atomic E-state index is -1.13. The third-order valence-electron chi connectivity index (χ3n) is 15.9. The molecule has 0 amide bonds. The first-order chi connectivity index (χ1) is 24.0. The number of ketones is 1. The Bertz CT molecular complexity index is 1590. The Morgan fingerprint density at radius 2 is 1.61 bits per heavy atom. The number of hydrogen-bond donors (Lipinski definition) is 2. The number of esters is 1. The van der Waals surface area contributed by atoms with Crippen LogP contribution in [0.2, 0.25) is 5.02 Å². The highest BCUT2D eigenvalue weighted by molar-refractivity contribution is 6.30. The number of Topliss-reactive ketones (excluding diaryl/α,β-unsaturated/α-hetero) is 1. The average molecular weight is 720 g/mol. The van der Waals surface area contributed by atoms with Crippen molar-refractivity contribution in [3.8, 4) is 0 Å². The summed E-state index contributed by atoms with van der Waals surface area (Å²) in [6.45, 7) is 16.0. The van der Waals surface area contributed by atoms with Crippen molar-refractivity contribution < 1.29 is 24.2 Å². The van der Waals surface area contributed by atoms with Crippen molar-refractivity contribution in [1.29, 1.82) is 0 Å². The molecule has 280 valence electrons. The molecule has 0 bridgehead atoms. The number of halogens is 1. The van der Waals surface area contributed by atoms with E-state index in [-0.39, 0.29) is 52.1 Å². The number of allylic oxidation sites excluding steroid dienone is 2. The van der Waals surface area contributed by atoms with E-state index in [1.807, 2.05) is 12.1 Å². The lowest BCUT2D eigenvalue weighted by Crippen LogP contribution is -2.60. The number of carboxylic acid groups (broad SMARTS) is 1. The van der Waals surface area contributed by atoms with Crippen molar-refractivity contribution >= 4 is 29.3 Å². The summed E-state index contributed by atoms with van der Waals surface area (Å²) in [7, 11) is 0. The van der Waals surface area contributed by atoms with Crippen molar-refractivity contribution in [1.82, 2.24) is 5.32 Å². The minimum absolute atomic E-state index is 0.0170. The molecule has 7 heteroatoms. The molecule has 0 aliphatic heterocycles. The van der Waals surface area contributed by atoms with E-state index in [1.165, 1.54) is 36.8 Å². The molecule has 1 aromatic rings. The highest BCUT2D eigenvalue weighted by Crippen LogP contribution is 2.72. The predicted octanol–water partition coefficient (Wildman–Crippen LogP) is 9.92. The summed E-state index contributed by atoms with van der Waals surface area (Å²) in [6.07, 6.45) is 12.7. The molecular formula is C44H62ClNO5. The zero-order valence-corrected chi connectivity index (χ0v) is 33.0. The number of fused-ring (bicyclic) bond motifs is 7. The summed E-state index contributed by atoms with van der Waals surface area (Å²) < 4.78 is 6.07. The Labute approximate surface area is 311 Å². The van der Waals surface area contributed by atoms with Crippen LogP contribution in [0.25, 0.3) is 0 Å². The van der Waals surface area contributed by atoms with Gasteiger partial charge in [-0.05, 0) is 161 Å². The fourth-order valence-electron chi connectivity index (χ4n) is 13.1. The third kappa shape index (κ3) is 6.15. The van der Waals surface area contributed by atoms with Crippen LogP contribution in [0.3, 0.4) is 0 Å². The van der Waals surface area contributed by atoms with Gasteiger partial charge in [-0.2, -0.15) is 0 Å². The molecule has 7 rings (SSSR count). The normalized spacial score (nSPS) is 38.4. The van der Waals surface area contributed by atoms with Gasteiger partial charge in [-0.1, -0.05) is 63.9 Å². The van der Waals surface area contributed by atoms with Gasteiger partial charge in [0.15, 0.2) is 5.78 Å². The highest BCUT2D eigenvalue weighted by Gasteiger charge is 2.65. The highest BCUT2D eigenvalue weighted by atomic mass is 35.5. The smallest absolute Gasteiger partial charge is 0.309 e. The van der Waals surface area contributed by atoms with Crippen LogP contribution in [0.1, 0.15) is 138 Å². The first-order valence-electron chi connectivity index (χ1n) is 20.2. The van der Waals surface area contributed by atoms with E-state index in [9.17, 15) is 19.5 Å². The van der Waals surface area contributed by atoms with Crippen LogP contribution in [0.15, 0.2) is 35.4 Å². The minimum Gasteiger partial charge on any atom is -0.481 e. The molecule has 6 aliphatic rings. The maximum absolute atomic E-state index is 14.0. The van der Waals surface area contributed by atoms with Crippen LogP contribution < -0.4 is 5.32 Å². The number of aliphatic carboxylic acids is 1. The molecule has 0 spiro atoms. The zero-order valence-electron chi connectivity index (χ0n) is 32.2. The zero-order chi connectivity index (χ0) is 36.7. The fourth-order valence-corrected chi connectivity index (χ4v) is 13.3. The van der Waals surface area contributed by atoms with Crippen molar-refractivity contribution in [2.24, 2.45) is 57.2 Å². The fraction of sp³-hybridized carbons (Fsp3) is 0.750. The van der Waals surface area contributed by atoms with Crippen molar-refractivity contribution in [2.45, 2.75) is 144 Å². The first-order valence-corrected chi connectivity index (χ1v) is 20.6. The van der Waals surface area contributed by atoms with Gasteiger partial charge in [0.05, 0.1) is 11.8 Å². The number of rotatable bonds is 10. The lowest BCUT2D eigenvalue weighted by Gasteiger charge is -2.67. The van der Waals surface area contributed by atoms with Crippen molar-refractivity contribution in [2.75, 3.05) is 6.54 Å². The Kier molecular flexibility index (Phi) is 9.46. The lowest BCUT2D eigenvalue weighted by atomic mass is 9.38. The maximum Gasteiger partial charge on any atom is 0.309 e. The Balaban J connectivity index is 1.09. The van der Waals surface area contributed by atoms with Crippen LogP contribution in [-0.4, -0.2) is 35.5 Å². The van der Waals surface area contributed by atoms with Gasteiger partial charge < -0.3 is 15.2 Å². The molecular weight excluding hydrogens is 658 g/mol. The van der Waals surface area contributed by atoms with Gasteiger partial charge >= 0.3 is 11.9 Å². The van der Waals surface area contributed by atoms with Crippen molar-refractivity contribution in [3.05, 3.63) is 46.0 Å². The summed E-state index contributed by atoms with van der Waals surface area (Å²) in [5.41, 5.74) is 3.37. The molecule has 1 aromatic carbocycles. The molecule has 0 radical (unpaired) electrons. The molecule has 9 atom stereocenters. The average Bonchev–Trinajstić information content (AvgIpc) is 3.77. The van der Waals surface area contributed by atoms with E-state index in [0.29, 0.717) is 35.9 Å². The van der Waals surface area contributed by atoms with E-state index in [1.54, 1.807) is 19.4 Å². The van der Waals surface area contributed by atoms with Gasteiger partial charge in [0.2, 0.25) is 0 Å². The molecule has 6 aliphatic carbocycles. The van der Waals surface area contributed by atoms with Gasteiger partial charge in [-0.3, -0.25) is 14.4 Å². The monoisotopic (exact) mass is 719 g/mol. The molecule has 9 unspecified atom stereocenters. The topological polar surface area (TPSA) is 92.7 Å². The molecule has 51 heavy (non-hydrogen) atoms. The maximum atomic E-state index is 14.0. The molecule has 2 N–H and O–H groups in total. The van der Waals surface area contributed by atoms with E-state index < -0.39 is 11.4 Å². The number of ether oxygens (including phenoxy) is 1. The van der Waals surface area contributed by atoms with Gasteiger partial charge in [-0.25, -0.2) is 0 Å². The van der Waals surface area contributed by atoms with E-state index in [2.05, 4.69) is 52.1 Å².